The van der Waals surface area contributed by atoms with Gasteiger partial charge in [0.25, 0.3) is 0 Å². The van der Waals surface area contributed by atoms with E-state index in [2.05, 4.69) is 16.4 Å². The van der Waals surface area contributed by atoms with Crippen LogP contribution in [0.15, 0.2) is 73.1 Å². The average Bonchev–Trinajstić information content (AvgIpc) is 2.73. The summed E-state index contributed by atoms with van der Waals surface area (Å²) in [6.07, 6.45) is 8.51. The standard InChI is InChI=1S/C24H22F2N2/c25-21-7-4-17(5-8-21)18-10-13-28-23(15-18)9-6-20-16-27-12-11-24(20)19-2-1-3-22(26)14-19/h1-5,7-8,10-12,14,16,23,28H,6,9,13,15H2. The quantitative estimate of drug-likeness (QED) is 0.644. The molecule has 2 heterocycles. The number of nitrogens with zero attached hydrogens (tertiary/aromatic N) is 1. The molecule has 0 fully saturated rings. The number of nitrogens with one attached hydrogen (secondary N) is 1. The first kappa shape index (κ1) is 18.5. The van der Waals surface area contributed by atoms with Crippen LogP contribution >= 0.6 is 0 Å². The fourth-order valence-electron chi connectivity index (χ4n) is 3.77. The maximum absolute atomic E-state index is 13.6. The minimum absolute atomic E-state index is 0.212. The number of benzene rings is 2. The SMILES string of the molecule is Fc1ccc(C2=CCNC(CCc3cnccc3-c3cccc(F)c3)C2)cc1. The maximum atomic E-state index is 13.6. The smallest absolute Gasteiger partial charge is 0.123 e. The number of aromatic nitrogens is 1. The predicted octanol–water partition coefficient (Wildman–Crippen LogP) is 5.40. The molecule has 0 bridgehead atoms. The van der Waals surface area contributed by atoms with Crippen molar-refractivity contribution in [3.63, 3.8) is 0 Å². The van der Waals surface area contributed by atoms with E-state index in [0.717, 1.165) is 48.1 Å². The topological polar surface area (TPSA) is 24.9 Å². The molecule has 0 radical (unpaired) electrons. The third-order valence-electron chi connectivity index (χ3n) is 5.24. The first-order valence-electron chi connectivity index (χ1n) is 9.56. The second-order valence-corrected chi connectivity index (χ2v) is 7.13. The molecule has 1 aromatic heterocycles. The van der Waals surface area contributed by atoms with Gasteiger partial charge in [0.1, 0.15) is 11.6 Å². The molecule has 4 heteroatoms. The average molecular weight is 376 g/mol. The van der Waals surface area contributed by atoms with E-state index in [-0.39, 0.29) is 11.6 Å². The lowest BCUT2D eigenvalue weighted by Gasteiger charge is -2.25. The molecular formula is C24H22F2N2. The fourth-order valence-corrected chi connectivity index (χ4v) is 3.77. The van der Waals surface area contributed by atoms with E-state index in [1.165, 1.54) is 23.8 Å². The number of rotatable bonds is 5. The first-order valence-corrected chi connectivity index (χ1v) is 9.56. The molecule has 0 saturated heterocycles. The molecule has 2 nitrogen and oxygen atoms in total. The summed E-state index contributed by atoms with van der Waals surface area (Å²) in [6, 6.07) is 15.7. The van der Waals surface area contributed by atoms with Gasteiger partial charge in [0.05, 0.1) is 0 Å². The highest BCUT2D eigenvalue weighted by Crippen LogP contribution is 2.28. The van der Waals surface area contributed by atoms with E-state index in [1.54, 1.807) is 18.3 Å². The lowest BCUT2D eigenvalue weighted by Crippen LogP contribution is -2.33. The summed E-state index contributed by atoms with van der Waals surface area (Å²) in [5.74, 6) is -0.445. The van der Waals surface area contributed by atoms with Gasteiger partial charge in [-0.1, -0.05) is 30.3 Å². The molecule has 1 N–H and O–H groups in total. The zero-order valence-corrected chi connectivity index (χ0v) is 15.5. The van der Waals surface area contributed by atoms with E-state index in [4.69, 9.17) is 0 Å². The van der Waals surface area contributed by atoms with Crippen molar-refractivity contribution in [2.45, 2.75) is 25.3 Å². The normalized spacial score (nSPS) is 16.6. The third-order valence-corrected chi connectivity index (χ3v) is 5.24. The summed E-state index contributed by atoms with van der Waals surface area (Å²) in [7, 11) is 0. The minimum atomic E-state index is -0.233. The third kappa shape index (κ3) is 4.34. The maximum Gasteiger partial charge on any atom is 0.123 e. The first-order chi connectivity index (χ1) is 13.7. The van der Waals surface area contributed by atoms with Crippen molar-refractivity contribution in [2.75, 3.05) is 6.54 Å². The van der Waals surface area contributed by atoms with Crippen LogP contribution in [0.5, 0.6) is 0 Å². The van der Waals surface area contributed by atoms with Gasteiger partial charge < -0.3 is 5.32 Å². The molecule has 3 aromatic rings. The number of aryl methyl sites for hydroxylation is 1. The molecule has 1 atom stereocenters. The van der Waals surface area contributed by atoms with Crippen molar-refractivity contribution < 1.29 is 8.78 Å². The van der Waals surface area contributed by atoms with Gasteiger partial charge in [0.2, 0.25) is 0 Å². The van der Waals surface area contributed by atoms with Crippen molar-refractivity contribution >= 4 is 5.57 Å². The second-order valence-electron chi connectivity index (χ2n) is 7.13. The van der Waals surface area contributed by atoms with Gasteiger partial charge in [-0.2, -0.15) is 0 Å². The number of pyridine rings is 1. The molecule has 0 saturated carbocycles. The van der Waals surface area contributed by atoms with Crippen LogP contribution in [0.1, 0.15) is 24.0 Å². The Hall–Kier alpha value is -2.85. The lowest BCUT2D eigenvalue weighted by molar-refractivity contribution is 0.501. The Bertz CT molecular complexity index is 980. The van der Waals surface area contributed by atoms with Crippen LogP contribution in [0, 0.1) is 11.6 Å². The Labute approximate surface area is 164 Å². The van der Waals surface area contributed by atoms with Gasteiger partial charge in [0.15, 0.2) is 0 Å². The van der Waals surface area contributed by atoms with Crippen LogP contribution in [0.4, 0.5) is 8.78 Å². The molecule has 1 aliphatic rings. The molecule has 0 aliphatic carbocycles. The van der Waals surface area contributed by atoms with Crippen LogP contribution in [0.2, 0.25) is 0 Å². The number of halogens is 2. The second kappa shape index (κ2) is 8.44. The van der Waals surface area contributed by atoms with Crippen molar-refractivity contribution in [3.8, 4) is 11.1 Å². The van der Waals surface area contributed by atoms with Crippen LogP contribution in [-0.4, -0.2) is 17.6 Å². The Morgan fingerprint density at radius 3 is 2.64 bits per heavy atom. The van der Waals surface area contributed by atoms with Crippen molar-refractivity contribution in [1.82, 2.24) is 10.3 Å². The molecule has 4 rings (SSSR count). The Balaban J connectivity index is 1.45. The van der Waals surface area contributed by atoms with Gasteiger partial charge in [-0.15, -0.1) is 0 Å². The van der Waals surface area contributed by atoms with Crippen LogP contribution < -0.4 is 5.32 Å². The largest absolute Gasteiger partial charge is 0.310 e. The molecule has 28 heavy (non-hydrogen) atoms. The lowest BCUT2D eigenvalue weighted by atomic mass is 9.91. The summed E-state index contributed by atoms with van der Waals surface area (Å²) in [5, 5.41) is 3.54. The van der Waals surface area contributed by atoms with E-state index in [0.29, 0.717) is 6.04 Å². The highest BCUT2D eigenvalue weighted by molar-refractivity contribution is 5.68. The monoisotopic (exact) mass is 376 g/mol. The number of hydrogen-bond donors (Lipinski definition) is 1. The van der Waals surface area contributed by atoms with Crippen LogP contribution in [-0.2, 0) is 6.42 Å². The van der Waals surface area contributed by atoms with Crippen LogP contribution in [0.25, 0.3) is 16.7 Å². The van der Waals surface area contributed by atoms with Crippen molar-refractivity contribution in [2.24, 2.45) is 0 Å². The van der Waals surface area contributed by atoms with E-state index in [9.17, 15) is 8.78 Å². The summed E-state index contributed by atoms with van der Waals surface area (Å²) < 4.78 is 26.8. The van der Waals surface area contributed by atoms with Crippen molar-refractivity contribution in [1.29, 1.82) is 0 Å². The Kier molecular flexibility index (Phi) is 5.58. The molecule has 0 amide bonds. The van der Waals surface area contributed by atoms with E-state index < -0.39 is 0 Å². The van der Waals surface area contributed by atoms with Gasteiger partial charge in [-0.3, -0.25) is 4.98 Å². The highest BCUT2D eigenvalue weighted by atomic mass is 19.1. The Morgan fingerprint density at radius 2 is 1.82 bits per heavy atom. The zero-order valence-electron chi connectivity index (χ0n) is 15.5. The Morgan fingerprint density at radius 1 is 0.964 bits per heavy atom. The number of hydrogen-bond acceptors (Lipinski definition) is 2. The van der Waals surface area contributed by atoms with Crippen molar-refractivity contribution in [3.05, 3.63) is 95.8 Å². The molecule has 0 spiro atoms. The summed E-state index contributed by atoms with van der Waals surface area (Å²) in [6.45, 7) is 0.807. The molecular weight excluding hydrogens is 354 g/mol. The van der Waals surface area contributed by atoms with E-state index >= 15 is 0 Å². The summed E-state index contributed by atoms with van der Waals surface area (Å²) in [4.78, 5) is 4.27. The molecule has 142 valence electrons. The molecule has 2 aromatic carbocycles. The zero-order chi connectivity index (χ0) is 19.3. The van der Waals surface area contributed by atoms with E-state index in [1.807, 2.05) is 30.5 Å². The van der Waals surface area contributed by atoms with Gasteiger partial charge in [0, 0.05) is 25.0 Å². The van der Waals surface area contributed by atoms with Gasteiger partial charge >= 0.3 is 0 Å². The van der Waals surface area contributed by atoms with Gasteiger partial charge in [-0.25, -0.2) is 8.78 Å². The summed E-state index contributed by atoms with van der Waals surface area (Å²) in [5.41, 5.74) is 5.35. The fraction of sp³-hybridized carbons (Fsp3) is 0.208. The molecule has 1 unspecified atom stereocenters. The summed E-state index contributed by atoms with van der Waals surface area (Å²) >= 11 is 0. The molecule has 1 aliphatic heterocycles. The predicted molar refractivity (Wildman–Crippen MR) is 109 cm³/mol. The minimum Gasteiger partial charge on any atom is -0.310 e. The highest BCUT2D eigenvalue weighted by Gasteiger charge is 2.17. The van der Waals surface area contributed by atoms with Gasteiger partial charge in [-0.05, 0) is 77.4 Å². The van der Waals surface area contributed by atoms with Crippen LogP contribution in [0.3, 0.4) is 0 Å².